The van der Waals surface area contributed by atoms with Gasteiger partial charge in [-0.2, -0.15) is 13.2 Å². The maximum Gasteiger partial charge on any atom is 0.419 e. The number of hydrogen-bond acceptors (Lipinski definition) is 7. The second kappa shape index (κ2) is 10.1. The van der Waals surface area contributed by atoms with E-state index < -0.39 is 42.5 Å². The van der Waals surface area contributed by atoms with E-state index in [9.17, 15) is 34.4 Å². The summed E-state index contributed by atoms with van der Waals surface area (Å²) in [6.07, 6.45) is -5.08. The maximum absolute atomic E-state index is 13.6. The highest BCUT2D eigenvalue weighted by molar-refractivity contribution is 7.94. The van der Waals surface area contributed by atoms with Crippen LogP contribution in [-0.4, -0.2) is 21.8 Å². The normalized spacial score (nSPS) is 12.5. The standard InChI is InChI=1S/C24H14ClF4N3O5S3/c25-21-9-10-22(38-21)40(35,36)31-14-3-1-13(2-4-14)23-30-19-11-15(5-8-20(19)37-23)32-39(33,34)16-6-7-18(26)17(12-16)24(27,28)29/h1-12,31-32H. The van der Waals surface area contributed by atoms with Crippen LogP contribution in [0.3, 0.4) is 0 Å². The molecule has 0 saturated carbocycles. The van der Waals surface area contributed by atoms with Crippen LogP contribution in [0, 0.1) is 5.82 Å². The van der Waals surface area contributed by atoms with Crippen molar-refractivity contribution in [1.82, 2.24) is 4.98 Å². The molecule has 0 atom stereocenters. The number of hydrogen-bond donors (Lipinski definition) is 2. The minimum atomic E-state index is -5.08. The Bertz CT molecular complexity index is 1960. The summed E-state index contributed by atoms with van der Waals surface area (Å²) in [4.78, 5) is 3.53. The third-order valence-electron chi connectivity index (χ3n) is 5.39. The molecule has 0 aliphatic rings. The predicted molar refractivity (Wildman–Crippen MR) is 142 cm³/mol. The van der Waals surface area contributed by atoms with Gasteiger partial charge in [-0.25, -0.2) is 26.2 Å². The van der Waals surface area contributed by atoms with E-state index in [1.54, 1.807) is 12.1 Å². The lowest BCUT2D eigenvalue weighted by molar-refractivity contribution is -0.140. The van der Waals surface area contributed by atoms with Gasteiger partial charge in [0, 0.05) is 11.3 Å². The van der Waals surface area contributed by atoms with Crippen LogP contribution in [0.4, 0.5) is 28.9 Å². The van der Waals surface area contributed by atoms with E-state index in [1.165, 1.54) is 42.5 Å². The molecule has 0 saturated heterocycles. The number of nitrogens with one attached hydrogen (secondary N) is 2. The summed E-state index contributed by atoms with van der Waals surface area (Å²) in [5, 5.41) is 0. The molecule has 0 amide bonds. The van der Waals surface area contributed by atoms with Gasteiger partial charge in [0.05, 0.1) is 20.5 Å². The Morgan fingerprint density at radius 3 is 2.15 bits per heavy atom. The number of oxazole rings is 1. The Labute approximate surface area is 233 Å². The summed E-state index contributed by atoms with van der Waals surface area (Å²) < 4.78 is 114. The highest BCUT2D eigenvalue weighted by Crippen LogP contribution is 2.34. The summed E-state index contributed by atoms with van der Waals surface area (Å²) >= 11 is 6.72. The molecule has 0 unspecified atom stereocenters. The minimum absolute atomic E-state index is 0.0244. The van der Waals surface area contributed by atoms with E-state index >= 15 is 0 Å². The number of thiophene rings is 1. The quantitative estimate of drug-likeness (QED) is 0.187. The number of fused-ring (bicyclic) bond motifs is 1. The number of benzene rings is 3. The number of rotatable bonds is 7. The van der Waals surface area contributed by atoms with Gasteiger partial charge >= 0.3 is 6.18 Å². The van der Waals surface area contributed by atoms with Gasteiger partial charge in [-0.05, 0) is 72.8 Å². The van der Waals surface area contributed by atoms with Crippen molar-refractivity contribution in [2.24, 2.45) is 0 Å². The smallest absolute Gasteiger partial charge is 0.419 e. The van der Waals surface area contributed by atoms with E-state index in [0.717, 1.165) is 17.4 Å². The molecule has 5 aromatic rings. The Kier molecular flexibility index (Phi) is 7.02. The molecule has 2 N–H and O–H groups in total. The number of nitrogens with zero attached hydrogens (tertiary/aromatic N) is 1. The Balaban J connectivity index is 1.36. The van der Waals surface area contributed by atoms with E-state index in [0.29, 0.717) is 16.0 Å². The summed E-state index contributed by atoms with van der Waals surface area (Å²) in [5.41, 5.74) is -0.476. The molecule has 8 nitrogen and oxygen atoms in total. The van der Waals surface area contributed by atoms with Crippen molar-refractivity contribution in [3.63, 3.8) is 0 Å². The number of halogens is 5. The van der Waals surface area contributed by atoms with Crippen molar-refractivity contribution in [2.45, 2.75) is 15.3 Å². The molecule has 2 heterocycles. The third kappa shape index (κ3) is 5.77. The first-order valence-corrected chi connectivity index (χ1v) is 15.1. The Morgan fingerprint density at radius 1 is 0.825 bits per heavy atom. The van der Waals surface area contributed by atoms with E-state index in [1.807, 2.05) is 0 Å². The van der Waals surface area contributed by atoms with Gasteiger partial charge in [0.25, 0.3) is 20.0 Å². The summed E-state index contributed by atoms with van der Waals surface area (Å²) in [5.74, 6) is -1.45. The molecule has 208 valence electrons. The van der Waals surface area contributed by atoms with Crippen molar-refractivity contribution in [3.8, 4) is 11.5 Å². The van der Waals surface area contributed by atoms with Gasteiger partial charge < -0.3 is 4.42 Å². The first-order valence-electron chi connectivity index (χ1n) is 10.9. The molecule has 3 aromatic carbocycles. The Hall–Kier alpha value is -3.66. The molecular formula is C24H14ClF4N3O5S3. The summed E-state index contributed by atoms with van der Waals surface area (Å²) in [6.45, 7) is 0. The molecule has 0 bridgehead atoms. The van der Waals surface area contributed by atoms with Crippen LogP contribution in [0.15, 0.2) is 86.3 Å². The second-order valence-electron chi connectivity index (χ2n) is 8.19. The minimum Gasteiger partial charge on any atom is -0.436 e. The van der Waals surface area contributed by atoms with Gasteiger partial charge in [-0.15, -0.1) is 11.3 Å². The lowest BCUT2D eigenvalue weighted by Crippen LogP contribution is -2.15. The van der Waals surface area contributed by atoms with Crippen LogP contribution in [-0.2, 0) is 26.2 Å². The zero-order valence-electron chi connectivity index (χ0n) is 19.5. The average molecular weight is 632 g/mol. The van der Waals surface area contributed by atoms with Gasteiger partial charge in [0.1, 0.15) is 15.5 Å². The fourth-order valence-corrected chi connectivity index (χ4v) is 7.16. The van der Waals surface area contributed by atoms with Gasteiger partial charge in [0.2, 0.25) is 5.89 Å². The molecule has 0 aliphatic carbocycles. The summed E-state index contributed by atoms with van der Waals surface area (Å²) in [7, 11) is -8.33. The highest BCUT2D eigenvalue weighted by atomic mass is 35.5. The summed E-state index contributed by atoms with van der Waals surface area (Å²) in [6, 6.07) is 14.4. The zero-order chi connectivity index (χ0) is 28.9. The SMILES string of the molecule is O=S(=O)(Nc1ccc2oc(-c3ccc(NS(=O)(=O)c4ccc(Cl)s4)cc3)nc2c1)c1ccc(F)c(C(F)(F)F)c1. The first kappa shape index (κ1) is 27.9. The molecule has 0 radical (unpaired) electrons. The lowest BCUT2D eigenvalue weighted by Gasteiger charge is -2.12. The number of alkyl halides is 3. The van der Waals surface area contributed by atoms with Crippen LogP contribution in [0.1, 0.15) is 5.56 Å². The van der Waals surface area contributed by atoms with Crippen LogP contribution >= 0.6 is 22.9 Å². The molecule has 0 aliphatic heterocycles. The largest absolute Gasteiger partial charge is 0.436 e. The van der Waals surface area contributed by atoms with Crippen molar-refractivity contribution >= 4 is 65.5 Å². The molecule has 5 rings (SSSR count). The van der Waals surface area contributed by atoms with Crippen molar-refractivity contribution in [3.05, 3.63) is 88.5 Å². The molecule has 0 fully saturated rings. The van der Waals surface area contributed by atoms with Gasteiger partial charge in [-0.3, -0.25) is 9.44 Å². The van der Waals surface area contributed by atoms with Crippen LogP contribution in [0.5, 0.6) is 0 Å². The van der Waals surface area contributed by atoms with Crippen molar-refractivity contribution < 1.29 is 38.8 Å². The molecule has 2 aromatic heterocycles. The predicted octanol–water partition coefficient (Wildman–Crippen LogP) is 6.97. The monoisotopic (exact) mass is 631 g/mol. The molecule has 0 spiro atoms. The van der Waals surface area contributed by atoms with Crippen LogP contribution in [0.2, 0.25) is 4.34 Å². The highest BCUT2D eigenvalue weighted by Gasteiger charge is 2.35. The van der Waals surface area contributed by atoms with Crippen LogP contribution in [0.25, 0.3) is 22.6 Å². The number of sulfonamides is 2. The van der Waals surface area contributed by atoms with E-state index in [2.05, 4.69) is 14.4 Å². The Morgan fingerprint density at radius 2 is 1.50 bits per heavy atom. The fourth-order valence-electron chi connectivity index (χ4n) is 3.55. The number of aromatic nitrogens is 1. The van der Waals surface area contributed by atoms with Gasteiger partial charge in [0.15, 0.2) is 5.58 Å². The fraction of sp³-hybridized carbons (Fsp3) is 0.0417. The van der Waals surface area contributed by atoms with Crippen molar-refractivity contribution in [2.75, 3.05) is 9.44 Å². The van der Waals surface area contributed by atoms with E-state index in [-0.39, 0.29) is 38.6 Å². The maximum atomic E-state index is 13.6. The topological polar surface area (TPSA) is 118 Å². The number of anilines is 2. The average Bonchev–Trinajstić information content (AvgIpc) is 3.50. The zero-order valence-corrected chi connectivity index (χ0v) is 22.7. The van der Waals surface area contributed by atoms with Crippen LogP contribution < -0.4 is 9.44 Å². The van der Waals surface area contributed by atoms with E-state index in [4.69, 9.17) is 16.0 Å². The molecular weight excluding hydrogens is 618 g/mol. The third-order valence-corrected chi connectivity index (χ3v) is 9.87. The van der Waals surface area contributed by atoms with Crippen molar-refractivity contribution in [1.29, 1.82) is 0 Å². The van der Waals surface area contributed by atoms with Gasteiger partial charge in [-0.1, -0.05) is 11.6 Å². The lowest BCUT2D eigenvalue weighted by atomic mass is 10.2. The second-order valence-corrected chi connectivity index (χ2v) is 13.5. The molecule has 40 heavy (non-hydrogen) atoms. The molecule has 16 heteroatoms. The first-order chi connectivity index (χ1) is 18.7.